The van der Waals surface area contributed by atoms with Gasteiger partial charge >= 0.3 is 5.97 Å². The third-order valence-electron chi connectivity index (χ3n) is 4.92. The first kappa shape index (κ1) is 18.5. The molecule has 5 nitrogen and oxygen atoms in total. The second-order valence-corrected chi connectivity index (χ2v) is 6.75. The van der Waals surface area contributed by atoms with Gasteiger partial charge < -0.3 is 10.1 Å². The van der Waals surface area contributed by atoms with E-state index in [2.05, 4.69) is 44.0 Å². The summed E-state index contributed by atoms with van der Waals surface area (Å²) in [6, 6.07) is 2.46. The molecule has 1 heterocycles. The van der Waals surface area contributed by atoms with Gasteiger partial charge in [-0.15, -0.1) is 0 Å². The Morgan fingerprint density at radius 3 is 2.62 bits per heavy atom. The quantitative estimate of drug-likeness (QED) is 0.860. The van der Waals surface area contributed by atoms with Gasteiger partial charge in [0.1, 0.15) is 6.61 Å². The van der Waals surface area contributed by atoms with Crippen molar-refractivity contribution < 1.29 is 14.3 Å². The molecule has 1 aliphatic heterocycles. The summed E-state index contributed by atoms with van der Waals surface area (Å²) in [6.07, 6.45) is 0.536. The van der Waals surface area contributed by atoms with Crippen molar-refractivity contribution in [2.45, 2.75) is 60.2 Å². The topological polar surface area (TPSA) is 58.6 Å². The van der Waals surface area contributed by atoms with Crippen LogP contribution in [0.25, 0.3) is 0 Å². The van der Waals surface area contributed by atoms with Crippen molar-refractivity contribution in [2.75, 3.05) is 13.1 Å². The van der Waals surface area contributed by atoms with Crippen LogP contribution in [-0.2, 0) is 27.5 Å². The summed E-state index contributed by atoms with van der Waals surface area (Å²) in [4.78, 5) is 25.1. The first-order chi connectivity index (χ1) is 11.3. The molecule has 0 unspecified atom stereocenters. The molecule has 0 bridgehead atoms. The number of nitrogens with zero attached hydrogens (tertiary/aromatic N) is 1. The predicted molar refractivity (Wildman–Crippen MR) is 93.6 cm³/mol. The summed E-state index contributed by atoms with van der Waals surface area (Å²) >= 11 is 0. The minimum Gasteiger partial charge on any atom is -0.461 e. The third kappa shape index (κ3) is 4.35. The Hall–Kier alpha value is -1.88. The molecule has 1 saturated heterocycles. The zero-order valence-electron chi connectivity index (χ0n) is 15.4. The molecule has 0 spiro atoms. The number of carbonyl (C=O) groups is 2. The van der Waals surface area contributed by atoms with Gasteiger partial charge in [-0.25, -0.2) is 0 Å². The number of hydrogen-bond donors (Lipinski definition) is 1. The van der Waals surface area contributed by atoms with Crippen molar-refractivity contribution in [1.29, 1.82) is 0 Å². The van der Waals surface area contributed by atoms with E-state index in [1.165, 1.54) is 23.6 Å². The largest absolute Gasteiger partial charge is 0.461 e. The molecule has 0 saturated carbocycles. The van der Waals surface area contributed by atoms with Crippen molar-refractivity contribution in [3.8, 4) is 0 Å². The second-order valence-electron chi connectivity index (χ2n) is 6.75. The molecule has 24 heavy (non-hydrogen) atoms. The highest BCUT2D eigenvalue weighted by Gasteiger charge is 2.22. The lowest BCUT2D eigenvalue weighted by atomic mass is 9.93. The molecule has 0 radical (unpaired) electrons. The van der Waals surface area contributed by atoms with E-state index in [1.807, 2.05) is 0 Å². The van der Waals surface area contributed by atoms with Crippen molar-refractivity contribution in [3.05, 3.63) is 33.9 Å². The Labute approximate surface area is 144 Å². The number of amides is 1. The van der Waals surface area contributed by atoms with Crippen LogP contribution in [0.1, 0.15) is 48.1 Å². The number of rotatable bonds is 4. The fraction of sp³-hybridized carbons (Fsp3) is 0.579. The van der Waals surface area contributed by atoms with E-state index in [9.17, 15) is 9.59 Å². The number of hydrogen-bond acceptors (Lipinski definition) is 4. The maximum Gasteiger partial charge on any atom is 0.302 e. The zero-order valence-corrected chi connectivity index (χ0v) is 15.4. The van der Waals surface area contributed by atoms with Gasteiger partial charge in [-0.1, -0.05) is 6.07 Å². The molecule has 132 valence electrons. The van der Waals surface area contributed by atoms with Crippen LogP contribution in [0.15, 0.2) is 6.07 Å². The van der Waals surface area contributed by atoms with Crippen molar-refractivity contribution in [3.63, 3.8) is 0 Å². The molecule has 1 amide bonds. The van der Waals surface area contributed by atoms with Crippen LogP contribution < -0.4 is 5.32 Å². The Morgan fingerprint density at radius 1 is 1.29 bits per heavy atom. The molecule has 5 heteroatoms. The summed E-state index contributed by atoms with van der Waals surface area (Å²) in [7, 11) is 0. The van der Waals surface area contributed by atoms with E-state index in [-0.39, 0.29) is 11.9 Å². The highest BCUT2D eigenvalue weighted by Crippen LogP contribution is 2.25. The molecule has 1 N–H and O–H groups in total. The maximum absolute atomic E-state index is 11.6. The van der Waals surface area contributed by atoms with Crippen molar-refractivity contribution in [2.24, 2.45) is 0 Å². The minimum atomic E-state index is -0.262. The Bertz CT molecular complexity index is 640. The summed E-state index contributed by atoms with van der Waals surface area (Å²) in [5.74, 6) is -0.140. The van der Waals surface area contributed by atoms with Gasteiger partial charge in [0.15, 0.2) is 0 Å². The molecule has 1 aromatic carbocycles. The van der Waals surface area contributed by atoms with Crippen molar-refractivity contribution >= 4 is 11.9 Å². The van der Waals surface area contributed by atoms with E-state index in [0.717, 1.165) is 24.2 Å². The summed E-state index contributed by atoms with van der Waals surface area (Å²) in [5, 5.41) is 2.95. The van der Waals surface area contributed by atoms with Crippen LogP contribution in [0.2, 0.25) is 0 Å². The average molecular weight is 332 g/mol. The maximum atomic E-state index is 11.6. The number of esters is 1. The van der Waals surface area contributed by atoms with Gasteiger partial charge in [0, 0.05) is 39.0 Å². The van der Waals surface area contributed by atoms with Gasteiger partial charge in [-0.2, -0.15) is 0 Å². The SMILES string of the molecule is CC(=O)OCc1c(C)cc(C)c(CN2CCC(=O)NC[C@H]2C)c1C. The van der Waals surface area contributed by atoms with E-state index in [1.54, 1.807) is 0 Å². The molecule has 1 fully saturated rings. The number of aryl methyl sites for hydroxylation is 2. The predicted octanol–water partition coefficient (Wildman–Crippen LogP) is 2.39. The molecule has 1 aliphatic rings. The first-order valence-corrected chi connectivity index (χ1v) is 8.52. The minimum absolute atomic E-state index is 0.122. The lowest BCUT2D eigenvalue weighted by Gasteiger charge is -2.28. The van der Waals surface area contributed by atoms with Gasteiger partial charge in [0.05, 0.1) is 0 Å². The molecule has 1 aromatic rings. The smallest absolute Gasteiger partial charge is 0.302 e. The summed E-state index contributed by atoms with van der Waals surface area (Å²) < 4.78 is 5.22. The Morgan fingerprint density at radius 2 is 1.96 bits per heavy atom. The van der Waals surface area contributed by atoms with Crippen LogP contribution in [0.5, 0.6) is 0 Å². The monoisotopic (exact) mass is 332 g/mol. The van der Waals surface area contributed by atoms with Crippen LogP contribution in [0.3, 0.4) is 0 Å². The standard InChI is InChI=1S/C19H28N2O3/c1-12-8-13(2)18(11-24-16(5)22)15(4)17(12)10-21-7-6-19(23)20-9-14(21)3/h8,14H,6-7,9-11H2,1-5H3,(H,20,23)/t14-/m1/s1. The normalized spacial score (nSPS) is 18.9. The lowest BCUT2D eigenvalue weighted by Crippen LogP contribution is -2.37. The van der Waals surface area contributed by atoms with E-state index >= 15 is 0 Å². The van der Waals surface area contributed by atoms with Crippen LogP contribution in [0.4, 0.5) is 0 Å². The highest BCUT2D eigenvalue weighted by molar-refractivity contribution is 5.76. The third-order valence-corrected chi connectivity index (χ3v) is 4.92. The van der Waals surface area contributed by atoms with E-state index in [0.29, 0.717) is 25.6 Å². The molecular formula is C19H28N2O3. The van der Waals surface area contributed by atoms with Gasteiger partial charge in [-0.3, -0.25) is 14.5 Å². The van der Waals surface area contributed by atoms with Crippen LogP contribution in [-0.4, -0.2) is 35.9 Å². The molecule has 0 aromatic heterocycles. The molecular weight excluding hydrogens is 304 g/mol. The number of carbonyl (C=O) groups excluding carboxylic acids is 2. The summed E-state index contributed by atoms with van der Waals surface area (Å²) in [6.45, 7) is 12.4. The van der Waals surface area contributed by atoms with E-state index in [4.69, 9.17) is 4.74 Å². The number of ether oxygens (including phenoxy) is 1. The van der Waals surface area contributed by atoms with Gasteiger partial charge in [-0.05, 0) is 55.5 Å². The fourth-order valence-electron chi connectivity index (χ4n) is 3.29. The lowest BCUT2D eigenvalue weighted by molar-refractivity contribution is -0.142. The van der Waals surface area contributed by atoms with Gasteiger partial charge in [0.25, 0.3) is 0 Å². The molecule has 1 atom stereocenters. The second kappa shape index (κ2) is 7.79. The number of benzene rings is 1. The molecule has 0 aliphatic carbocycles. The number of nitrogens with one attached hydrogen (secondary N) is 1. The van der Waals surface area contributed by atoms with Crippen LogP contribution in [0, 0.1) is 20.8 Å². The summed E-state index contributed by atoms with van der Waals surface area (Å²) in [5.41, 5.74) is 5.93. The fourth-order valence-corrected chi connectivity index (χ4v) is 3.29. The Kier molecular flexibility index (Phi) is 5.99. The first-order valence-electron chi connectivity index (χ1n) is 8.52. The highest BCUT2D eigenvalue weighted by atomic mass is 16.5. The van der Waals surface area contributed by atoms with Crippen LogP contribution >= 0.6 is 0 Å². The zero-order chi connectivity index (χ0) is 17.9. The molecule has 2 rings (SSSR count). The Balaban J connectivity index is 2.27. The van der Waals surface area contributed by atoms with Crippen molar-refractivity contribution in [1.82, 2.24) is 10.2 Å². The average Bonchev–Trinajstić information content (AvgIpc) is 2.65. The van der Waals surface area contributed by atoms with Gasteiger partial charge in [0.2, 0.25) is 5.91 Å². The van der Waals surface area contributed by atoms with E-state index < -0.39 is 0 Å².